The zero-order chi connectivity index (χ0) is 16.4. The maximum Gasteiger partial charge on any atom is 0.279 e. The van der Waals surface area contributed by atoms with Gasteiger partial charge in [0.1, 0.15) is 11.6 Å². The third-order valence-corrected chi connectivity index (χ3v) is 4.47. The Morgan fingerprint density at radius 1 is 1.26 bits per heavy atom. The number of rotatable bonds is 3. The molecule has 0 spiro atoms. The highest BCUT2D eigenvalue weighted by atomic mass is 32.1. The number of aromatic nitrogens is 1. The van der Waals surface area contributed by atoms with Crippen LogP contribution < -0.4 is 9.54 Å². The lowest BCUT2D eigenvalue weighted by molar-refractivity contribution is 0.0998. The van der Waals surface area contributed by atoms with E-state index in [4.69, 9.17) is 4.74 Å². The molecule has 0 aliphatic heterocycles. The van der Waals surface area contributed by atoms with E-state index in [9.17, 15) is 9.18 Å². The van der Waals surface area contributed by atoms with Gasteiger partial charge in [-0.05, 0) is 49.4 Å². The maximum atomic E-state index is 12.9. The predicted octanol–water partition coefficient (Wildman–Crippen LogP) is 3.52. The normalized spacial score (nSPS) is 11.9. The first kappa shape index (κ1) is 15.4. The average molecular weight is 330 g/mol. The van der Waals surface area contributed by atoms with Gasteiger partial charge < -0.3 is 9.30 Å². The monoisotopic (exact) mass is 330 g/mol. The van der Waals surface area contributed by atoms with Crippen molar-refractivity contribution in [2.45, 2.75) is 6.92 Å². The van der Waals surface area contributed by atoms with Crippen LogP contribution in [0.25, 0.3) is 10.2 Å². The fourth-order valence-electron chi connectivity index (χ4n) is 2.22. The molecule has 1 amide bonds. The third kappa shape index (κ3) is 3.17. The number of thiazole rings is 1. The van der Waals surface area contributed by atoms with E-state index >= 15 is 0 Å². The SMILES string of the molecule is CCOc1ccc2c(c1)sc(=NC(=O)c1ccc(F)cc1)n2C. The fourth-order valence-corrected chi connectivity index (χ4v) is 3.27. The van der Waals surface area contributed by atoms with Gasteiger partial charge in [-0.25, -0.2) is 4.39 Å². The van der Waals surface area contributed by atoms with Crippen molar-refractivity contribution < 1.29 is 13.9 Å². The number of aryl methyl sites for hydroxylation is 1. The molecule has 0 saturated carbocycles. The van der Waals surface area contributed by atoms with Gasteiger partial charge >= 0.3 is 0 Å². The van der Waals surface area contributed by atoms with E-state index in [0.29, 0.717) is 17.0 Å². The summed E-state index contributed by atoms with van der Waals surface area (Å²) in [5.41, 5.74) is 1.34. The van der Waals surface area contributed by atoms with Crippen molar-refractivity contribution in [3.63, 3.8) is 0 Å². The number of carbonyl (C=O) groups is 1. The van der Waals surface area contributed by atoms with Gasteiger partial charge in [-0.1, -0.05) is 11.3 Å². The van der Waals surface area contributed by atoms with Crippen LogP contribution in [0.3, 0.4) is 0 Å². The second-order valence-corrected chi connectivity index (χ2v) is 5.94. The molecule has 0 unspecified atom stereocenters. The molecule has 0 radical (unpaired) electrons. The van der Waals surface area contributed by atoms with Gasteiger partial charge in [0.2, 0.25) is 0 Å². The minimum absolute atomic E-state index is 0.360. The highest BCUT2D eigenvalue weighted by Gasteiger charge is 2.08. The molecule has 118 valence electrons. The Morgan fingerprint density at radius 2 is 2.00 bits per heavy atom. The van der Waals surface area contributed by atoms with Crippen LogP contribution in [0.2, 0.25) is 0 Å². The van der Waals surface area contributed by atoms with Crippen LogP contribution in [0.1, 0.15) is 17.3 Å². The van der Waals surface area contributed by atoms with Gasteiger partial charge in [-0.15, -0.1) is 0 Å². The summed E-state index contributed by atoms with van der Waals surface area (Å²) < 4.78 is 21.3. The molecule has 6 heteroatoms. The molecule has 0 aliphatic rings. The lowest BCUT2D eigenvalue weighted by Crippen LogP contribution is -2.13. The lowest BCUT2D eigenvalue weighted by atomic mass is 10.2. The van der Waals surface area contributed by atoms with Crippen LogP contribution in [0.4, 0.5) is 4.39 Å². The molecular formula is C17H15FN2O2S. The van der Waals surface area contributed by atoms with Crippen molar-refractivity contribution in [1.82, 2.24) is 4.57 Å². The number of halogens is 1. The molecule has 23 heavy (non-hydrogen) atoms. The molecule has 1 aromatic heterocycles. The highest BCUT2D eigenvalue weighted by Crippen LogP contribution is 2.22. The Kier molecular flexibility index (Phi) is 4.25. The van der Waals surface area contributed by atoms with E-state index < -0.39 is 5.91 Å². The molecule has 3 rings (SSSR count). The largest absolute Gasteiger partial charge is 0.494 e. The van der Waals surface area contributed by atoms with Crippen LogP contribution in [0, 0.1) is 5.82 Å². The zero-order valence-corrected chi connectivity index (χ0v) is 13.6. The number of amides is 1. The first-order chi connectivity index (χ1) is 11.1. The first-order valence-corrected chi connectivity index (χ1v) is 7.97. The zero-order valence-electron chi connectivity index (χ0n) is 12.7. The van der Waals surface area contributed by atoms with E-state index in [1.165, 1.54) is 35.6 Å². The Labute approximate surface area is 136 Å². The van der Waals surface area contributed by atoms with Crippen LogP contribution in [0.5, 0.6) is 5.75 Å². The first-order valence-electron chi connectivity index (χ1n) is 7.15. The van der Waals surface area contributed by atoms with Crippen LogP contribution in [-0.4, -0.2) is 17.1 Å². The molecule has 0 aliphatic carbocycles. The van der Waals surface area contributed by atoms with E-state index in [0.717, 1.165) is 16.0 Å². The molecular weight excluding hydrogens is 315 g/mol. The van der Waals surface area contributed by atoms with Crippen molar-refractivity contribution in [2.75, 3.05) is 6.61 Å². The van der Waals surface area contributed by atoms with E-state index in [2.05, 4.69) is 4.99 Å². The number of nitrogens with zero attached hydrogens (tertiary/aromatic N) is 2. The average Bonchev–Trinajstić information content (AvgIpc) is 2.84. The molecule has 0 atom stereocenters. The summed E-state index contributed by atoms with van der Waals surface area (Å²) in [7, 11) is 1.86. The number of carbonyl (C=O) groups excluding carboxylic acids is 1. The van der Waals surface area contributed by atoms with Crippen LogP contribution in [-0.2, 0) is 7.05 Å². The topological polar surface area (TPSA) is 43.6 Å². The van der Waals surface area contributed by atoms with Gasteiger partial charge in [0.05, 0.1) is 16.8 Å². The number of ether oxygens (including phenoxy) is 1. The number of benzene rings is 2. The molecule has 1 heterocycles. The quantitative estimate of drug-likeness (QED) is 0.737. The molecule has 0 saturated heterocycles. The second kappa shape index (κ2) is 6.34. The van der Waals surface area contributed by atoms with E-state index in [-0.39, 0.29) is 5.82 Å². The van der Waals surface area contributed by atoms with Gasteiger partial charge in [-0.2, -0.15) is 4.99 Å². The number of fused-ring (bicyclic) bond motifs is 1. The molecule has 0 bridgehead atoms. The Bertz CT molecular complexity index is 926. The smallest absolute Gasteiger partial charge is 0.279 e. The fraction of sp³-hybridized carbons (Fsp3) is 0.176. The Hall–Kier alpha value is -2.47. The summed E-state index contributed by atoms with van der Waals surface area (Å²) >= 11 is 1.41. The van der Waals surface area contributed by atoms with Crippen molar-refractivity contribution in [1.29, 1.82) is 0 Å². The third-order valence-electron chi connectivity index (χ3n) is 3.38. The summed E-state index contributed by atoms with van der Waals surface area (Å²) in [4.78, 5) is 16.9. The van der Waals surface area contributed by atoms with Crippen LogP contribution in [0.15, 0.2) is 47.5 Å². The van der Waals surface area contributed by atoms with Crippen molar-refractivity contribution in [3.05, 3.63) is 58.6 Å². The number of hydrogen-bond acceptors (Lipinski definition) is 3. The number of hydrogen-bond donors (Lipinski definition) is 0. The second-order valence-electron chi connectivity index (χ2n) is 4.93. The highest BCUT2D eigenvalue weighted by molar-refractivity contribution is 7.16. The van der Waals surface area contributed by atoms with Gasteiger partial charge in [0, 0.05) is 12.6 Å². The molecule has 2 aromatic carbocycles. The van der Waals surface area contributed by atoms with Crippen molar-refractivity contribution >= 4 is 27.5 Å². The minimum atomic E-state index is -0.391. The Balaban J connectivity index is 2.03. The van der Waals surface area contributed by atoms with Gasteiger partial charge in [-0.3, -0.25) is 4.79 Å². The Morgan fingerprint density at radius 3 is 2.70 bits per heavy atom. The summed E-state index contributed by atoms with van der Waals surface area (Å²) in [6.07, 6.45) is 0. The molecule has 0 fully saturated rings. The molecule has 3 aromatic rings. The minimum Gasteiger partial charge on any atom is -0.494 e. The van der Waals surface area contributed by atoms with Crippen molar-refractivity contribution in [2.24, 2.45) is 12.0 Å². The van der Waals surface area contributed by atoms with Gasteiger partial charge in [0.25, 0.3) is 5.91 Å². The standard InChI is InChI=1S/C17H15FN2O2S/c1-3-22-13-8-9-14-15(10-13)23-17(20(14)2)19-16(21)11-4-6-12(18)7-5-11/h4-10H,3H2,1-2H3. The molecule has 0 N–H and O–H groups in total. The van der Waals surface area contributed by atoms with Gasteiger partial charge in [0.15, 0.2) is 4.80 Å². The van der Waals surface area contributed by atoms with Crippen LogP contribution >= 0.6 is 11.3 Å². The summed E-state index contributed by atoms with van der Waals surface area (Å²) in [6.45, 7) is 2.53. The van der Waals surface area contributed by atoms with E-state index in [1.54, 1.807) is 0 Å². The molecule has 4 nitrogen and oxygen atoms in total. The summed E-state index contributed by atoms with van der Waals surface area (Å²) in [6, 6.07) is 11.1. The maximum absolute atomic E-state index is 12.9. The lowest BCUT2D eigenvalue weighted by Gasteiger charge is -2.02. The summed E-state index contributed by atoms with van der Waals surface area (Å²) in [5, 5.41) is 0. The van der Waals surface area contributed by atoms with Crippen molar-refractivity contribution in [3.8, 4) is 5.75 Å². The summed E-state index contributed by atoms with van der Waals surface area (Å²) in [5.74, 6) is 0.0212. The predicted molar refractivity (Wildman–Crippen MR) is 88.3 cm³/mol. The van der Waals surface area contributed by atoms with E-state index in [1.807, 2.05) is 36.7 Å².